The quantitative estimate of drug-likeness (QED) is 0.0897. The van der Waals surface area contributed by atoms with Gasteiger partial charge in [-0.2, -0.15) is 0 Å². The van der Waals surface area contributed by atoms with Crippen LogP contribution in [0.5, 0.6) is 0 Å². The van der Waals surface area contributed by atoms with Crippen LogP contribution in [0.4, 0.5) is 34.1 Å². The van der Waals surface area contributed by atoms with Gasteiger partial charge in [-0.25, -0.2) is 0 Å². The van der Waals surface area contributed by atoms with E-state index in [-0.39, 0.29) is 0 Å². The summed E-state index contributed by atoms with van der Waals surface area (Å²) in [7, 11) is 0. The van der Waals surface area contributed by atoms with Gasteiger partial charge in [-0.1, -0.05) is 413 Å². The molecule has 0 aliphatic carbocycles. The number of nitrogens with zero attached hydrogens (tertiary/aromatic N) is 4. The second kappa shape index (κ2) is 35.8. The predicted octanol–water partition coefficient (Wildman–Crippen LogP) is 39.1. The van der Waals surface area contributed by atoms with Crippen molar-refractivity contribution in [3.05, 3.63) is 558 Å². The van der Waals surface area contributed by atoms with Crippen LogP contribution in [-0.4, -0.2) is 9.13 Å². The summed E-state index contributed by atoms with van der Waals surface area (Å²) in [5.74, 6) is 0. The zero-order chi connectivity index (χ0) is 95.1. The molecule has 0 N–H and O–H groups in total. The van der Waals surface area contributed by atoms with Crippen LogP contribution < -0.4 is 9.80 Å². The van der Waals surface area contributed by atoms with Crippen molar-refractivity contribution in [1.82, 2.24) is 9.13 Å². The van der Waals surface area contributed by atoms with Crippen molar-refractivity contribution < 1.29 is 0 Å². The van der Waals surface area contributed by atoms with Crippen LogP contribution in [0.15, 0.2) is 558 Å². The lowest BCUT2D eigenvalue weighted by molar-refractivity contribution is 1.18. The van der Waals surface area contributed by atoms with E-state index in [1.165, 1.54) is 219 Å². The molecule has 0 saturated carbocycles. The summed E-state index contributed by atoms with van der Waals surface area (Å²) >= 11 is 0. The Balaban J connectivity index is 0.000000143. The molecule has 0 fully saturated rings. The van der Waals surface area contributed by atoms with Gasteiger partial charge in [-0.15, -0.1) is 0 Å². The number of para-hydroxylation sites is 1. The molecule has 0 spiro atoms. The van der Waals surface area contributed by atoms with Gasteiger partial charge >= 0.3 is 0 Å². The fourth-order valence-corrected chi connectivity index (χ4v) is 22.5. The Bertz CT molecular complexity index is 9740. The zero-order valence-corrected chi connectivity index (χ0v) is 78.9. The van der Waals surface area contributed by atoms with Crippen LogP contribution in [0.2, 0.25) is 0 Å². The molecule has 28 aromatic rings. The van der Waals surface area contributed by atoms with Crippen LogP contribution in [0.25, 0.3) is 230 Å². The molecule has 4 nitrogen and oxygen atoms in total. The predicted molar refractivity (Wildman–Crippen MR) is 614 cm³/mol. The molecule has 2 heterocycles. The van der Waals surface area contributed by atoms with Crippen molar-refractivity contribution in [3.63, 3.8) is 0 Å². The first-order valence-electron chi connectivity index (χ1n) is 49.6. The summed E-state index contributed by atoms with van der Waals surface area (Å²) in [4.78, 5) is 4.75. The highest BCUT2D eigenvalue weighted by Crippen LogP contribution is 2.48. The largest absolute Gasteiger partial charge is 0.310 e. The Kier molecular flexibility index (Phi) is 20.9. The molecule has 26 aromatic carbocycles. The van der Waals surface area contributed by atoms with Crippen LogP contribution in [0, 0.1) is 0 Å². The topological polar surface area (TPSA) is 16.3 Å². The van der Waals surface area contributed by atoms with Crippen LogP contribution >= 0.6 is 0 Å². The van der Waals surface area contributed by atoms with Crippen LogP contribution in [0.3, 0.4) is 0 Å². The van der Waals surface area contributed by atoms with Gasteiger partial charge in [-0.3, -0.25) is 0 Å². The van der Waals surface area contributed by atoms with E-state index in [2.05, 4.69) is 577 Å². The van der Waals surface area contributed by atoms with Crippen molar-refractivity contribution in [1.29, 1.82) is 0 Å². The molecule has 144 heavy (non-hydrogen) atoms. The van der Waals surface area contributed by atoms with Crippen molar-refractivity contribution in [2.45, 2.75) is 0 Å². The van der Waals surface area contributed by atoms with Crippen molar-refractivity contribution in [2.75, 3.05) is 9.80 Å². The molecule has 0 unspecified atom stereocenters. The maximum absolute atomic E-state index is 2.44. The van der Waals surface area contributed by atoms with E-state index >= 15 is 0 Å². The number of aromatic nitrogens is 2. The Morgan fingerprint density at radius 2 is 0.299 bits per heavy atom. The average Bonchev–Trinajstić information content (AvgIpc) is 1.66. The first-order chi connectivity index (χ1) is 71.4. The molecule has 0 bridgehead atoms. The number of hydrogen-bond acceptors (Lipinski definition) is 2. The fourth-order valence-electron chi connectivity index (χ4n) is 22.5. The van der Waals surface area contributed by atoms with E-state index in [1.54, 1.807) is 0 Å². The van der Waals surface area contributed by atoms with Gasteiger partial charge in [0.25, 0.3) is 0 Å². The lowest BCUT2D eigenvalue weighted by Gasteiger charge is -2.27. The molecule has 0 radical (unpaired) electrons. The van der Waals surface area contributed by atoms with Crippen LogP contribution in [-0.2, 0) is 0 Å². The smallest absolute Gasteiger partial charge is 0.0541 e. The Morgan fingerprint density at radius 1 is 0.111 bits per heavy atom. The van der Waals surface area contributed by atoms with Gasteiger partial charge in [-0.05, 0) is 310 Å². The summed E-state index contributed by atoms with van der Waals surface area (Å²) in [6, 6.07) is 204. The van der Waals surface area contributed by atoms with Gasteiger partial charge in [0.1, 0.15) is 0 Å². The second-order valence-corrected chi connectivity index (χ2v) is 37.7. The third-order valence-electron chi connectivity index (χ3n) is 29.5. The molecule has 0 saturated heterocycles. The summed E-state index contributed by atoms with van der Waals surface area (Å²) in [5, 5.41) is 25.2. The highest BCUT2D eigenvalue weighted by Gasteiger charge is 2.24. The number of fused-ring (bicyclic) bond motifs is 20. The third kappa shape index (κ3) is 15.0. The average molecular weight is 1830 g/mol. The molecule has 28 rings (SSSR count). The van der Waals surface area contributed by atoms with E-state index in [0.29, 0.717) is 0 Å². The van der Waals surface area contributed by atoms with Crippen molar-refractivity contribution >= 4 is 164 Å². The highest BCUT2D eigenvalue weighted by molar-refractivity contribution is 6.28. The number of rotatable bonds is 16. The molecular formula is C140H92N4. The number of benzene rings is 26. The van der Waals surface area contributed by atoms with E-state index in [0.717, 1.165) is 45.5 Å². The van der Waals surface area contributed by atoms with E-state index in [4.69, 9.17) is 0 Å². The van der Waals surface area contributed by atoms with Gasteiger partial charge in [0.2, 0.25) is 0 Å². The third-order valence-corrected chi connectivity index (χ3v) is 29.5. The lowest BCUT2D eigenvalue weighted by atomic mass is 9.92. The molecule has 2 aromatic heterocycles. The fraction of sp³-hybridized carbons (Fsp3) is 0. The molecule has 0 atom stereocenters. The maximum Gasteiger partial charge on any atom is 0.0541 e. The first-order valence-corrected chi connectivity index (χ1v) is 49.6. The highest BCUT2D eigenvalue weighted by atomic mass is 15.1. The van der Waals surface area contributed by atoms with Gasteiger partial charge in [0.15, 0.2) is 0 Å². The zero-order valence-electron chi connectivity index (χ0n) is 78.9. The SMILES string of the molecule is c1ccc(-c2ccc(-c3ccc4c(c3)c3cc(-c5ccc(N(c6ccccc6)c6cccc7ccccc67)cc5)ccc3n4-c3ccc(-c4ccc5c6ccccc6c6ccccc6c5c4)cc3)cc2)cc1.c1ccc(-c2ccc(N(c3ccc(-c4ccc5c(c4)c4cc(-c6ccccc6)ccc4n5-c4ccc(-c5ccc6c7ccccc7c7ccccc7c6c5)cc4)cc3)c3cccc4ccccc34)cc2)cc1. The monoisotopic (exact) mass is 1830 g/mol. The van der Waals surface area contributed by atoms with Gasteiger partial charge < -0.3 is 18.9 Å². The number of hydrogen-bond donors (Lipinski definition) is 0. The lowest BCUT2D eigenvalue weighted by Crippen LogP contribution is -2.10. The van der Waals surface area contributed by atoms with Gasteiger partial charge in [0.05, 0.1) is 33.4 Å². The Morgan fingerprint density at radius 3 is 0.597 bits per heavy atom. The standard InChI is InChI=1S/2C70H46N2/c1-3-14-47(15-4-1)48-26-28-49(29-27-48)54-35-42-69-66(45-54)67-46-55(51-30-37-57(38-31-51)71(56-18-5-2-6-19-56)68-25-13-17-52-16-7-8-20-59(52)68)36-43-70(67)72(69)58-39-32-50(33-40-58)53-34-41-64-62-23-10-9-21-60(62)61-22-11-12-24-63(61)65(64)44-53;1-3-14-47(15-4-1)49-26-35-56(36-27-49)71(68-25-13-19-52-18-7-8-20-59(52)68)57-37-28-51(29-38-57)55-34-43-70-67(46-55)66-45-54(48-16-5-2-6-17-48)33-42-69(66)72(70)58-39-30-50(31-40-58)53-32-41-64-62-23-10-9-21-60(62)61-22-11-12-24-63(61)65(64)44-53/h2*1-46H. The van der Waals surface area contributed by atoms with E-state index in [1.807, 2.05) is 0 Å². The number of anilines is 6. The van der Waals surface area contributed by atoms with Crippen LogP contribution in [0.1, 0.15) is 0 Å². The molecule has 672 valence electrons. The molecule has 0 amide bonds. The molecule has 0 aliphatic heterocycles. The normalized spacial score (nSPS) is 11.6. The molecular weight excluding hydrogens is 1740 g/mol. The molecule has 0 aliphatic rings. The summed E-state index contributed by atoms with van der Waals surface area (Å²) < 4.78 is 4.87. The van der Waals surface area contributed by atoms with E-state index < -0.39 is 0 Å². The molecule has 4 heteroatoms. The Hall–Kier alpha value is -19.0. The minimum absolute atomic E-state index is 1.10. The van der Waals surface area contributed by atoms with Crippen molar-refractivity contribution in [3.8, 4) is 100 Å². The van der Waals surface area contributed by atoms with Crippen molar-refractivity contribution in [2.24, 2.45) is 0 Å². The summed E-state index contributed by atoms with van der Waals surface area (Å²) in [6.07, 6.45) is 0. The second-order valence-electron chi connectivity index (χ2n) is 37.7. The summed E-state index contributed by atoms with van der Waals surface area (Å²) in [5.41, 5.74) is 32.8. The Labute approximate surface area is 835 Å². The summed E-state index contributed by atoms with van der Waals surface area (Å²) in [6.45, 7) is 0. The van der Waals surface area contributed by atoms with Gasteiger partial charge in [0, 0.05) is 66.4 Å². The maximum atomic E-state index is 2.44. The first kappa shape index (κ1) is 84.3. The van der Waals surface area contributed by atoms with E-state index in [9.17, 15) is 0 Å². The minimum Gasteiger partial charge on any atom is -0.310 e. The minimum atomic E-state index is 1.10.